The summed E-state index contributed by atoms with van der Waals surface area (Å²) in [7, 11) is 0. The second-order valence-electron chi connectivity index (χ2n) is 6.66. The van der Waals surface area contributed by atoms with Crippen LogP contribution in [0.15, 0.2) is 0 Å². The number of carbonyl (C=O) groups excluding carboxylic acids is 2. The summed E-state index contributed by atoms with van der Waals surface area (Å²) in [6.07, 6.45) is 3.11. The largest absolute Gasteiger partial charge is 0.393 e. The van der Waals surface area contributed by atoms with Crippen LogP contribution in [0.25, 0.3) is 0 Å². The standard InChI is InChI=1S/C18H28N2O3/c1-5-15-17(13(4)22)12(3)19-18(15)16(23)10-20-8-6-7-14(20)9-11(2)21/h11,14,19,21H,5-10H2,1-4H3. The van der Waals surface area contributed by atoms with E-state index in [1.54, 1.807) is 13.8 Å². The van der Waals surface area contributed by atoms with Gasteiger partial charge in [0.15, 0.2) is 11.6 Å². The summed E-state index contributed by atoms with van der Waals surface area (Å²) in [5.74, 6) is 0.0396. The van der Waals surface area contributed by atoms with Crippen molar-refractivity contribution in [2.24, 2.45) is 0 Å². The Bertz CT molecular complexity index is 589. The number of aromatic nitrogens is 1. The summed E-state index contributed by atoms with van der Waals surface area (Å²) in [5, 5.41) is 9.61. The molecule has 2 atom stereocenters. The van der Waals surface area contributed by atoms with Gasteiger partial charge in [-0.3, -0.25) is 14.5 Å². The Hall–Kier alpha value is -1.46. The second-order valence-corrected chi connectivity index (χ2v) is 6.66. The molecule has 23 heavy (non-hydrogen) atoms. The highest BCUT2D eigenvalue weighted by molar-refractivity contribution is 6.04. The third-order valence-corrected chi connectivity index (χ3v) is 4.73. The van der Waals surface area contributed by atoms with Crippen molar-refractivity contribution in [1.29, 1.82) is 0 Å². The smallest absolute Gasteiger partial charge is 0.193 e. The molecule has 128 valence electrons. The Morgan fingerprint density at radius 3 is 2.70 bits per heavy atom. The van der Waals surface area contributed by atoms with Crippen LogP contribution in [0.2, 0.25) is 0 Å². The Kier molecular flexibility index (Phi) is 5.76. The molecule has 2 N–H and O–H groups in total. The number of nitrogens with zero attached hydrogens (tertiary/aromatic N) is 1. The van der Waals surface area contributed by atoms with E-state index in [0.717, 1.165) is 30.6 Å². The number of rotatable bonds is 7. The summed E-state index contributed by atoms with van der Waals surface area (Å²) in [5.41, 5.74) is 2.86. The number of H-pyrrole nitrogens is 1. The van der Waals surface area contributed by atoms with Crippen LogP contribution in [0.4, 0.5) is 0 Å². The van der Waals surface area contributed by atoms with Crippen LogP contribution >= 0.6 is 0 Å². The molecule has 5 heteroatoms. The van der Waals surface area contributed by atoms with E-state index in [-0.39, 0.29) is 23.7 Å². The molecule has 2 heterocycles. The van der Waals surface area contributed by atoms with Gasteiger partial charge in [0, 0.05) is 17.3 Å². The van der Waals surface area contributed by atoms with Gasteiger partial charge in [-0.25, -0.2) is 0 Å². The van der Waals surface area contributed by atoms with Gasteiger partial charge in [0.2, 0.25) is 0 Å². The lowest BCUT2D eigenvalue weighted by Crippen LogP contribution is -2.36. The SMILES string of the molecule is CCc1c(C(=O)CN2CCCC2CC(C)O)[nH]c(C)c1C(C)=O. The van der Waals surface area contributed by atoms with Crippen molar-refractivity contribution in [2.45, 2.75) is 65.5 Å². The number of nitrogens with one attached hydrogen (secondary N) is 1. The Morgan fingerprint density at radius 1 is 1.43 bits per heavy atom. The number of aromatic amines is 1. The van der Waals surface area contributed by atoms with Crippen LogP contribution in [0, 0.1) is 6.92 Å². The van der Waals surface area contributed by atoms with Crippen molar-refractivity contribution in [1.82, 2.24) is 9.88 Å². The number of hydrogen-bond donors (Lipinski definition) is 2. The van der Waals surface area contributed by atoms with Gasteiger partial charge in [-0.1, -0.05) is 6.92 Å². The lowest BCUT2D eigenvalue weighted by Gasteiger charge is -2.24. The summed E-state index contributed by atoms with van der Waals surface area (Å²) in [6, 6.07) is 0.271. The number of likely N-dealkylation sites (tertiary alicyclic amines) is 1. The molecule has 1 aromatic heterocycles. The molecular formula is C18H28N2O3. The highest BCUT2D eigenvalue weighted by Crippen LogP contribution is 2.24. The number of Topliss-reactive ketones (excluding diaryl/α,β-unsaturated/α-hetero) is 2. The van der Waals surface area contributed by atoms with Gasteiger partial charge < -0.3 is 10.1 Å². The van der Waals surface area contributed by atoms with Crippen molar-refractivity contribution < 1.29 is 14.7 Å². The first kappa shape index (κ1) is 17.9. The molecule has 0 saturated carbocycles. The zero-order chi connectivity index (χ0) is 17.1. The van der Waals surface area contributed by atoms with E-state index in [1.165, 1.54) is 0 Å². The molecule has 2 rings (SSSR count). The Balaban J connectivity index is 2.18. The summed E-state index contributed by atoms with van der Waals surface area (Å²) in [6.45, 7) is 8.39. The maximum atomic E-state index is 12.8. The topological polar surface area (TPSA) is 73.4 Å². The lowest BCUT2D eigenvalue weighted by molar-refractivity contribution is 0.0874. The molecule has 0 bridgehead atoms. The number of aryl methyl sites for hydroxylation is 1. The fraction of sp³-hybridized carbons (Fsp3) is 0.667. The van der Waals surface area contributed by atoms with E-state index >= 15 is 0 Å². The average molecular weight is 320 g/mol. The van der Waals surface area contributed by atoms with Crippen molar-refractivity contribution in [2.75, 3.05) is 13.1 Å². The number of hydrogen-bond acceptors (Lipinski definition) is 4. The normalized spacial score (nSPS) is 20.0. The quantitative estimate of drug-likeness (QED) is 0.757. The Labute approximate surface area is 138 Å². The van der Waals surface area contributed by atoms with Crippen molar-refractivity contribution in [3.8, 4) is 0 Å². The monoisotopic (exact) mass is 320 g/mol. The molecule has 1 aliphatic rings. The molecule has 5 nitrogen and oxygen atoms in total. The molecule has 1 fully saturated rings. The van der Waals surface area contributed by atoms with Gasteiger partial charge in [-0.15, -0.1) is 0 Å². The number of ketones is 2. The van der Waals surface area contributed by atoms with Gasteiger partial charge >= 0.3 is 0 Å². The molecule has 0 radical (unpaired) electrons. The first-order valence-corrected chi connectivity index (χ1v) is 8.52. The molecule has 1 aliphatic heterocycles. The first-order valence-electron chi connectivity index (χ1n) is 8.52. The van der Waals surface area contributed by atoms with Crippen LogP contribution in [-0.2, 0) is 6.42 Å². The van der Waals surface area contributed by atoms with Crippen LogP contribution in [0.5, 0.6) is 0 Å². The predicted octanol–water partition coefficient (Wildman–Crippen LogP) is 2.51. The van der Waals surface area contributed by atoms with E-state index in [1.807, 2.05) is 13.8 Å². The van der Waals surface area contributed by atoms with E-state index in [4.69, 9.17) is 0 Å². The molecule has 2 unspecified atom stereocenters. The lowest BCUT2D eigenvalue weighted by atomic mass is 10.0. The average Bonchev–Trinajstić information content (AvgIpc) is 3.02. The molecule has 0 amide bonds. The van der Waals surface area contributed by atoms with Gasteiger partial charge in [0.05, 0.1) is 18.3 Å². The molecule has 1 saturated heterocycles. The Morgan fingerprint density at radius 2 is 2.13 bits per heavy atom. The predicted molar refractivity (Wildman–Crippen MR) is 90.1 cm³/mol. The van der Waals surface area contributed by atoms with E-state index in [0.29, 0.717) is 30.6 Å². The molecule has 0 aliphatic carbocycles. The van der Waals surface area contributed by atoms with Crippen LogP contribution < -0.4 is 0 Å². The molecule has 0 aromatic carbocycles. The van der Waals surface area contributed by atoms with Crippen molar-refractivity contribution in [3.63, 3.8) is 0 Å². The van der Waals surface area contributed by atoms with Crippen molar-refractivity contribution >= 4 is 11.6 Å². The van der Waals surface area contributed by atoms with E-state index in [9.17, 15) is 14.7 Å². The second kappa shape index (κ2) is 7.41. The zero-order valence-electron chi connectivity index (χ0n) is 14.6. The molecular weight excluding hydrogens is 292 g/mol. The van der Waals surface area contributed by atoms with Crippen LogP contribution in [0.3, 0.4) is 0 Å². The number of carbonyl (C=O) groups is 2. The maximum Gasteiger partial charge on any atom is 0.193 e. The van der Waals surface area contributed by atoms with Gasteiger partial charge in [0.1, 0.15) is 0 Å². The van der Waals surface area contributed by atoms with Gasteiger partial charge in [-0.2, -0.15) is 0 Å². The third kappa shape index (κ3) is 3.90. The van der Waals surface area contributed by atoms with Crippen LogP contribution in [-0.4, -0.2) is 51.8 Å². The molecule has 1 aromatic rings. The maximum absolute atomic E-state index is 12.8. The number of aliphatic hydroxyl groups is 1. The minimum absolute atomic E-state index is 0.00260. The highest BCUT2D eigenvalue weighted by atomic mass is 16.3. The van der Waals surface area contributed by atoms with E-state index in [2.05, 4.69) is 9.88 Å². The van der Waals surface area contributed by atoms with E-state index < -0.39 is 0 Å². The minimum atomic E-state index is -0.348. The van der Waals surface area contributed by atoms with Crippen LogP contribution in [0.1, 0.15) is 72.1 Å². The third-order valence-electron chi connectivity index (χ3n) is 4.73. The summed E-state index contributed by atoms with van der Waals surface area (Å²) in [4.78, 5) is 29.9. The minimum Gasteiger partial charge on any atom is -0.393 e. The summed E-state index contributed by atoms with van der Waals surface area (Å²) < 4.78 is 0. The van der Waals surface area contributed by atoms with Gasteiger partial charge in [0.25, 0.3) is 0 Å². The zero-order valence-corrected chi connectivity index (χ0v) is 14.6. The first-order chi connectivity index (χ1) is 10.8. The highest BCUT2D eigenvalue weighted by Gasteiger charge is 2.29. The van der Waals surface area contributed by atoms with Crippen molar-refractivity contribution in [3.05, 3.63) is 22.5 Å². The summed E-state index contributed by atoms with van der Waals surface area (Å²) >= 11 is 0. The fourth-order valence-electron chi connectivity index (χ4n) is 3.77. The molecule has 0 spiro atoms. The number of aliphatic hydroxyl groups excluding tert-OH is 1. The fourth-order valence-corrected chi connectivity index (χ4v) is 3.77. The van der Waals surface area contributed by atoms with Gasteiger partial charge in [-0.05, 0) is 58.6 Å².